The van der Waals surface area contributed by atoms with Crippen molar-refractivity contribution in [2.45, 2.75) is 36.6 Å². The fourth-order valence-electron chi connectivity index (χ4n) is 3.39. The molecule has 1 aromatic carbocycles. The van der Waals surface area contributed by atoms with E-state index in [0.717, 1.165) is 23.9 Å². The summed E-state index contributed by atoms with van der Waals surface area (Å²) in [5.74, 6) is 0.450. The fourth-order valence-corrected chi connectivity index (χ4v) is 5.19. The molecule has 6 heteroatoms. The van der Waals surface area contributed by atoms with Crippen molar-refractivity contribution in [1.29, 1.82) is 0 Å². The summed E-state index contributed by atoms with van der Waals surface area (Å²) < 4.78 is 28.1. The van der Waals surface area contributed by atoms with E-state index in [1.165, 1.54) is 12.8 Å². The number of nitrogens with zero attached hydrogens (tertiary/aromatic N) is 1. The number of benzene rings is 1. The van der Waals surface area contributed by atoms with E-state index in [1.807, 2.05) is 0 Å². The van der Waals surface area contributed by atoms with Crippen LogP contribution in [0.15, 0.2) is 33.6 Å². The molecule has 0 aliphatic carbocycles. The van der Waals surface area contributed by atoms with Gasteiger partial charge < -0.3 is 5.32 Å². The Labute approximate surface area is 135 Å². The first-order chi connectivity index (χ1) is 10.1. The minimum atomic E-state index is -3.36. The number of hydrogen-bond acceptors (Lipinski definition) is 3. The van der Waals surface area contributed by atoms with Gasteiger partial charge in [-0.2, -0.15) is 4.31 Å². The van der Waals surface area contributed by atoms with Crippen LogP contribution in [0.1, 0.15) is 25.7 Å². The molecular weight excluding hydrogens is 352 g/mol. The molecule has 3 rings (SSSR count). The minimum absolute atomic E-state index is 0.394. The Bertz CT molecular complexity index is 582. The van der Waals surface area contributed by atoms with Gasteiger partial charge >= 0.3 is 0 Å². The highest BCUT2D eigenvalue weighted by molar-refractivity contribution is 9.10. The van der Waals surface area contributed by atoms with Gasteiger partial charge in [0.15, 0.2) is 0 Å². The monoisotopic (exact) mass is 372 g/mol. The normalized spacial score (nSPS) is 27.9. The molecule has 0 spiro atoms. The molecule has 2 aliphatic heterocycles. The van der Waals surface area contributed by atoms with Crippen molar-refractivity contribution < 1.29 is 8.42 Å². The highest BCUT2D eigenvalue weighted by atomic mass is 79.9. The molecule has 2 saturated heterocycles. The van der Waals surface area contributed by atoms with Crippen molar-refractivity contribution in [2.24, 2.45) is 5.92 Å². The van der Waals surface area contributed by atoms with E-state index in [9.17, 15) is 8.42 Å². The summed E-state index contributed by atoms with van der Waals surface area (Å²) in [6.07, 6.45) is 4.47. The first-order valence-electron chi connectivity index (χ1n) is 7.56. The zero-order valence-corrected chi connectivity index (χ0v) is 14.4. The van der Waals surface area contributed by atoms with E-state index in [-0.39, 0.29) is 0 Å². The van der Waals surface area contributed by atoms with E-state index < -0.39 is 10.0 Å². The summed E-state index contributed by atoms with van der Waals surface area (Å²) in [6, 6.07) is 7.42. The van der Waals surface area contributed by atoms with Gasteiger partial charge in [0.25, 0.3) is 0 Å². The highest BCUT2D eigenvalue weighted by Gasteiger charge is 2.34. The van der Waals surface area contributed by atoms with E-state index in [0.29, 0.717) is 29.9 Å². The molecule has 2 atom stereocenters. The van der Waals surface area contributed by atoms with E-state index in [4.69, 9.17) is 0 Å². The van der Waals surface area contributed by atoms with Gasteiger partial charge in [-0.05, 0) is 62.4 Å². The molecule has 0 radical (unpaired) electrons. The van der Waals surface area contributed by atoms with Gasteiger partial charge in [-0.3, -0.25) is 0 Å². The molecule has 0 saturated carbocycles. The number of piperidine rings is 1. The second-order valence-corrected chi connectivity index (χ2v) is 8.78. The van der Waals surface area contributed by atoms with Crippen LogP contribution in [0.25, 0.3) is 0 Å². The van der Waals surface area contributed by atoms with Crippen LogP contribution in [0.4, 0.5) is 0 Å². The number of sulfonamides is 1. The quantitative estimate of drug-likeness (QED) is 0.886. The molecule has 2 fully saturated rings. The van der Waals surface area contributed by atoms with Crippen LogP contribution < -0.4 is 5.32 Å². The highest BCUT2D eigenvalue weighted by Crippen LogP contribution is 2.28. The predicted octanol–water partition coefficient (Wildman–Crippen LogP) is 2.60. The lowest BCUT2D eigenvalue weighted by atomic mass is 9.91. The largest absolute Gasteiger partial charge is 0.314 e. The van der Waals surface area contributed by atoms with Gasteiger partial charge in [0, 0.05) is 23.6 Å². The van der Waals surface area contributed by atoms with Gasteiger partial charge in [0.05, 0.1) is 4.90 Å². The van der Waals surface area contributed by atoms with Crippen LogP contribution in [0.2, 0.25) is 0 Å². The smallest absolute Gasteiger partial charge is 0.243 e. The maximum Gasteiger partial charge on any atom is 0.243 e. The molecule has 4 nitrogen and oxygen atoms in total. The van der Waals surface area contributed by atoms with Crippen LogP contribution in [0, 0.1) is 5.92 Å². The molecular formula is C15H21BrN2O2S. The molecule has 21 heavy (non-hydrogen) atoms. The Morgan fingerprint density at radius 3 is 2.57 bits per heavy atom. The zero-order chi connectivity index (χ0) is 14.9. The average Bonchev–Trinajstić information content (AvgIpc) is 3.02. The number of hydrogen-bond donors (Lipinski definition) is 1. The van der Waals surface area contributed by atoms with Gasteiger partial charge in [-0.1, -0.05) is 15.9 Å². The van der Waals surface area contributed by atoms with Crippen LogP contribution in [-0.2, 0) is 10.0 Å². The maximum atomic E-state index is 12.7. The molecule has 0 bridgehead atoms. The van der Waals surface area contributed by atoms with E-state index in [2.05, 4.69) is 21.2 Å². The summed E-state index contributed by atoms with van der Waals surface area (Å²) in [4.78, 5) is 0.394. The third-order valence-electron chi connectivity index (χ3n) is 4.54. The standard InChI is InChI=1S/C15H21BrN2O2S/c16-13-5-7-14(8-6-13)21(19,20)18-10-2-3-12(11-18)15-4-1-9-17-15/h5-8,12,15,17H,1-4,9-11H2. The van der Waals surface area contributed by atoms with Gasteiger partial charge in [0.2, 0.25) is 10.0 Å². The SMILES string of the molecule is O=S(=O)(c1ccc(Br)cc1)N1CCCC(C2CCCN2)C1. The maximum absolute atomic E-state index is 12.7. The Morgan fingerprint density at radius 2 is 1.90 bits per heavy atom. The third-order valence-corrected chi connectivity index (χ3v) is 6.95. The first-order valence-corrected chi connectivity index (χ1v) is 9.80. The van der Waals surface area contributed by atoms with E-state index >= 15 is 0 Å². The topological polar surface area (TPSA) is 49.4 Å². The lowest BCUT2D eigenvalue weighted by Gasteiger charge is -2.35. The molecule has 1 N–H and O–H groups in total. The van der Waals surface area contributed by atoms with Crippen LogP contribution in [0.3, 0.4) is 0 Å². The number of halogens is 1. The lowest BCUT2D eigenvalue weighted by Crippen LogP contribution is -2.45. The second kappa shape index (κ2) is 6.36. The number of nitrogens with one attached hydrogen (secondary N) is 1. The zero-order valence-electron chi connectivity index (χ0n) is 12.0. The summed E-state index contributed by atoms with van der Waals surface area (Å²) in [7, 11) is -3.36. The molecule has 2 unspecified atom stereocenters. The second-order valence-electron chi connectivity index (χ2n) is 5.92. The Kier molecular flexibility index (Phi) is 4.69. The van der Waals surface area contributed by atoms with E-state index in [1.54, 1.807) is 28.6 Å². The summed E-state index contributed by atoms with van der Waals surface area (Å²) in [5.41, 5.74) is 0. The minimum Gasteiger partial charge on any atom is -0.314 e. The van der Waals surface area contributed by atoms with Crippen molar-refractivity contribution in [3.63, 3.8) is 0 Å². The molecule has 0 aromatic heterocycles. The summed E-state index contributed by atoms with van der Waals surface area (Å²) in [6.45, 7) is 2.36. The van der Waals surface area contributed by atoms with Gasteiger partial charge in [-0.15, -0.1) is 0 Å². The van der Waals surface area contributed by atoms with Gasteiger partial charge in [-0.25, -0.2) is 8.42 Å². The molecule has 116 valence electrons. The predicted molar refractivity (Wildman–Crippen MR) is 86.6 cm³/mol. The molecule has 2 aliphatic rings. The Balaban J connectivity index is 1.76. The molecule has 1 aromatic rings. The summed E-state index contributed by atoms with van der Waals surface area (Å²) >= 11 is 3.35. The van der Waals surface area contributed by atoms with Gasteiger partial charge in [0.1, 0.15) is 0 Å². The van der Waals surface area contributed by atoms with Crippen molar-refractivity contribution in [2.75, 3.05) is 19.6 Å². The fraction of sp³-hybridized carbons (Fsp3) is 0.600. The van der Waals surface area contributed by atoms with Crippen molar-refractivity contribution >= 4 is 26.0 Å². The van der Waals surface area contributed by atoms with Crippen molar-refractivity contribution in [3.05, 3.63) is 28.7 Å². The number of rotatable bonds is 3. The lowest BCUT2D eigenvalue weighted by molar-refractivity contribution is 0.226. The first kappa shape index (κ1) is 15.5. The summed E-state index contributed by atoms with van der Waals surface area (Å²) in [5, 5.41) is 3.52. The average molecular weight is 373 g/mol. The Hall–Kier alpha value is -0.430. The van der Waals surface area contributed by atoms with Crippen molar-refractivity contribution in [1.82, 2.24) is 9.62 Å². The van der Waals surface area contributed by atoms with Crippen LogP contribution >= 0.6 is 15.9 Å². The third kappa shape index (κ3) is 3.33. The van der Waals surface area contributed by atoms with Crippen molar-refractivity contribution in [3.8, 4) is 0 Å². The van der Waals surface area contributed by atoms with Crippen LogP contribution in [0.5, 0.6) is 0 Å². The Morgan fingerprint density at radius 1 is 1.14 bits per heavy atom. The molecule has 2 heterocycles. The molecule has 0 amide bonds. The van der Waals surface area contributed by atoms with Crippen LogP contribution in [-0.4, -0.2) is 38.4 Å².